The normalized spacial score (nSPS) is 14.9. The summed E-state index contributed by atoms with van der Waals surface area (Å²) < 4.78 is 39.1. The molecule has 3 aromatic rings. The SMILES string of the molecule is O=C(NCCc1ccc2c(c1)OCCO2)c1ccc(S(=O)(=O)N2CCCc3ccccc32)cc1. The number of nitrogens with zero attached hydrogens (tertiary/aromatic N) is 1. The maximum absolute atomic E-state index is 13.3. The number of anilines is 1. The summed E-state index contributed by atoms with van der Waals surface area (Å²) in [5, 5.41) is 2.89. The van der Waals surface area contributed by atoms with Crippen LogP contribution in [0.1, 0.15) is 27.9 Å². The lowest BCUT2D eigenvalue weighted by Crippen LogP contribution is -2.35. The fourth-order valence-corrected chi connectivity index (χ4v) is 5.86. The van der Waals surface area contributed by atoms with Crippen LogP contribution < -0.4 is 19.1 Å². The molecule has 0 saturated carbocycles. The lowest BCUT2D eigenvalue weighted by molar-refractivity contribution is 0.0954. The van der Waals surface area contributed by atoms with Gasteiger partial charge in [-0.05, 0) is 72.9 Å². The number of rotatable bonds is 6. The van der Waals surface area contributed by atoms with Gasteiger partial charge in [-0.1, -0.05) is 24.3 Å². The monoisotopic (exact) mass is 478 g/mol. The Morgan fingerprint density at radius 3 is 2.53 bits per heavy atom. The van der Waals surface area contributed by atoms with Gasteiger partial charge in [-0.25, -0.2) is 8.42 Å². The predicted octanol–water partition coefficient (Wildman–Crippen LogP) is 3.57. The van der Waals surface area contributed by atoms with E-state index >= 15 is 0 Å². The Labute approximate surface area is 199 Å². The van der Waals surface area contributed by atoms with Crippen LogP contribution >= 0.6 is 0 Å². The van der Waals surface area contributed by atoms with Crippen molar-refractivity contribution in [3.63, 3.8) is 0 Å². The Kier molecular flexibility index (Phi) is 6.15. The van der Waals surface area contributed by atoms with Crippen LogP contribution in [-0.4, -0.2) is 40.6 Å². The summed E-state index contributed by atoms with van der Waals surface area (Å²) in [5.74, 6) is 1.22. The van der Waals surface area contributed by atoms with E-state index in [0.29, 0.717) is 38.3 Å². The summed E-state index contributed by atoms with van der Waals surface area (Å²) >= 11 is 0. The van der Waals surface area contributed by atoms with Gasteiger partial charge in [0.05, 0.1) is 10.6 Å². The number of hydrogen-bond donors (Lipinski definition) is 1. The van der Waals surface area contributed by atoms with Crippen LogP contribution in [0.4, 0.5) is 5.69 Å². The van der Waals surface area contributed by atoms with Crippen molar-refractivity contribution in [1.82, 2.24) is 5.32 Å². The van der Waals surface area contributed by atoms with Gasteiger partial charge in [0, 0.05) is 18.7 Å². The maximum atomic E-state index is 13.3. The van der Waals surface area contributed by atoms with Crippen molar-refractivity contribution in [1.29, 1.82) is 0 Å². The number of nitrogens with one attached hydrogen (secondary N) is 1. The molecule has 5 rings (SSSR count). The van der Waals surface area contributed by atoms with Gasteiger partial charge in [0.2, 0.25) is 0 Å². The third kappa shape index (κ3) is 4.46. The van der Waals surface area contributed by atoms with Gasteiger partial charge in [0.25, 0.3) is 15.9 Å². The molecular weight excluding hydrogens is 452 g/mol. The average Bonchev–Trinajstić information content (AvgIpc) is 2.88. The Morgan fingerprint density at radius 2 is 1.71 bits per heavy atom. The fourth-order valence-electron chi connectivity index (χ4n) is 4.32. The van der Waals surface area contributed by atoms with Crippen LogP contribution in [0.5, 0.6) is 11.5 Å². The highest BCUT2D eigenvalue weighted by Crippen LogP contribution is 2.32. The molecule has 176 valence electrons. The topological polar surface area (TPSA) is 84.9 Å². The van der Waals surface area contributed by atoms with E-state index in [1.54, 1.807) is 12.1 Å². The van der Waals surface area contributed by atoms with E-state index in [4.69, 9.17) is 9.47 Å². The van der Waals surface area contributed by atoms with Gasteiger partial charge in [0.15, 0.2) is 11.5 Å². The van der Waals surface area contributed by atoms with Gasteiger partial charge in [-0.2, -0.15) is 0 Å². The van der Waals surface area contributed by atoms with E-state index in [1.165, 1.54) is 16.4 Å². The summed E-state index contributed by atoms with van der Waals surface area (Å²) in [7, 11) is -3.70. The molecule has 1 N–H and O–H groups in total. The lowest BCUT2D eigenvalue weighted by atomic mass is 10.0. The fraction of sp³-hybridized carbons (Fsp3) is 0.269. The first kappa shape index (κ1) is 22.3. The van der Waals surface area contributed by atoms with E-state index in [0.717, 1.165) is 41.2 Å². The molecule has 0 aromatic heterocycles. The van der Waals surface area contributed by atoms with Crippen molar-refractivity contribution in [3.05, 3.63) is 83.4 Å². The van der Waals surface area contributed by atoms with Crippen LogP contribution in [-0.2, 0) is 22.9 Å². The zero-order valence-corrected chi connectivity index (χ0v) is 19.5. The molecule has 34 heavy (non-hydrogen) atoms. The predicted molar refractivity (Wildman–Crippen MR) is 129 cm³/mol. The van der Waals surface area contributed by atoms with Gasteiger partial charge < -0.3 is 14.8 Å². The molecule has 0 unspecified atom stereocenters. The Bertz CT molecular complexity index is 1310. The molecule has 0 fully saturated rings. The van der Waals surface area contributed by atoms with Crippen molar-refractivity contribution in [3.8, 4) is 11.5 Å². The second-order valence-electron chi connectivity index (χ2n) is 8.32. The molecule has 0 bridgehead atoms. The minimum Gasteiger partial charge on any atom is -0.486 e. The summed E-state index contributed by atoms with van der Waals surface area (Å²) in [6.45, 7) is 1.97. The molecular formula is C26H26N2O5S. The average molecular weight is 479 g/mol. The van der Waals surface area contributed by atoms with Gasteiger partial charge >= 0.3 is 0 Å². The van der Waals surface area contributed by atoms with E-state index in [2.05, 4.69) is 5.32 Å². The first-order chi connectivity index (χ1) is 16.5. The van der Waals surface area contributed by atoms with Gasteiger partial charge in [-0.15, -0.1) is 0 Å². The van der Waals surface area contributed by atoms with Gasteiger partial charge in [0.1, 0.15) is 13.2 Å². The summed E-state index contributed by atoms with van der Waals surface area (Å²) in [5.41, 5.74) is 3.22. The van der Waals surface area contributed by atoms with Crippen molar-refractivity contribution in [2.75, 3.05) is 30.6 Å². The van der Waals surface area contributed by atoms with Gasteiger partial charge in [-0.3, -0.25) is 9.10 Å². The Hall–Kier alpha value is -3.52. The van der Waals surface area contributed by atoms with Crippen molar-refractivity contribution in [2.45, 2.75) is 24.2 Å². The lowest BCUT2D eigenvalue weighted by Gasteiger charge is -2.30. The molecule has 2 aliphatic heterocycles. The highest BCUT2D eigenvalue weighted by molar-refractivity contribution is 7.92. The van der Waals surface area contributed by atoms with Crippen molar-refractivity contribution >= 4 is 21.6 Å². The summed E-state index contributed by atoms with van der Waals surface area (Å²) in [4.78, 5) is 12.8. The quantitative estimate of drug-likeness (QED) is 0.586. The third-order valence-corrected chi connectivity index (χ3v) is 7.91. The molecule has 3 aromatic carbocycles. The molecule has 2 heterocycles. The van der Waals surface area contributed by atoms with Crippen molar-refractivity contribution < 1.29 is 22.7 Å². The third-order valence-electron chi connectivity index (χ3n) is 6.08. The number of aryl methyl sites for hydroxylation is 1. The summed E-state index contributed by atoms with van der Waals surface area (Å²) in [6, 6.07) is 19.5. The number of carbonyl (C=O) groups excluding carboxylic acids is 1. The molecule has 0 spiro atoms. The molecule has 0 saturated heterocycles. The molecule has 2 aliphatic rings. The van der Waals surface area contributed by atoms with E-state index in [-0.39, 0.29) is 10.8 Å². The molecule has 8 heteroatoms. The number of carbonyl (C=O) groups is 1. The maximum Gasteiger partial charge on any atom is 0.264 e. The number of benzene rings is 3. The standard InChI is InChI=1S/C26H26N2O5S/c29-26(27-14-13-19-7-12-24-25(18-19)33-17-16-32-24)21-8-10-22(11-9-21)34(30,31)28-15-3-5-20-4-1-2-6-23(20)28/h1-2,4,6-12,18H,3,5,13-17H2,(H,27,29). The second-order valence-corrected chi connectivity index (χ2v) is 10.2. The largest absolute Gasteiger partial charge is 0.486 e. The highest BCUT2D eigenvalue weighted by Gasteiger charge is 2.29. The number of para-hydroxylation sites is 1. The number of fused-ring (bicyclic) bond motifs is 2. The molecule has 0 radical (unpaired) electrons. The number of amides is 1. The number of ether oxygens (including phenoxy) is 2. The van der Waals surface area contributed by atoms with Crippen LogP contribution in [0.3, 0.4) is 0 Å². The zero-order chi connectivity index (χ0) is 23.5. The molecule has 7 nitrogen and oxygen atoms in total. The number of hydrogen-bond acceptors (Lipinski definition) is 5. The minimum absolute atomic E-state index is 0.178. The first-order valence-corrected chi connectivity index (χ1v) is 12.8. The minimum atomic E-state index is -3.70. The smallest absolute Gasteiger partial charge is 0.264 e. The second kappa shape index (κ2) is 9.38. The Balaban J connectivity index is 1.22. The molecule has 0 aliphatic carbocycles. The first-order valence-electron chi connectivity index (χ1n) is 11.4. The van der Waals surface area contributed by atoms with Crippen LogP contribution in [0, 0.1) is 0 Å². The van der Waals surface area contributed by atoms with E-state index in [9.17, 15) is 13.2 Å². The van der Waals surface area contributed by atoms with Crippen LogP contribution in [0.15, 0.2) is 71.6 Å². The van der Waals surface area contributed by atoms with Crippen LogP contribution in [0.25, 0.3) is 0 Å². The van der Waals surface area contributed by atoms with E-state index in [1.807, 2.05) is 42.5 Å². The zero-order valence-electron chi connectivity index (χ0n) is 18.7. The van der Waals surface area contributed by atoms with Crippen molar-refractivity contribution in [2.24, 2.45) is 0 Å². The Morgan fingerprint density at radius 1 is 0.941 bits per heavy atom. The van der Waals surface area contributed by atoms with Crippen LogP contribution in [0.2, 0.25) is 0 Å². The number of sulfonamides is 1. The van der Waals surface area contributed by atoms with E-state index < -0.39 is 10.0 Å². The molecule has 1 amide bonds. The highest BCUT2D eigenvalue weighted by atomic mass is 32.2. The summed E-state index contributed by atoms with van der Waals surface area (Å²) in [6.07, 6.45) is 2.29. The molecule has 0 atom stereocenters.